The molecule has 0 amide bonds. The normalized spacial score (nSPS) is 20.3. The van der Waals surface area contributed by atoms with Gasteiger partial charge in [-0.3, -0.25) is 0 Å². The van der Waals surface area contributed by atoms with Crippen molar-refractivity contribution in [1.82, 2.24) is 0 Å². The summed E-state index contributed by atoms with van der Waals surface area (Å²) < 4.78 is 279. The van der Waals surface area contributed by atoms with Crippen LogP contribution in [-0.2, 0) is 0 Å². The Kier molecular flexibility index (Phi) is 2.61. The van der Waals surface area contributed by atoms with Gasteiger partial charge in [-0.15, -0.1) is 0 Å². The van der Waals surface area contributed by atoms with E-state index >= 15 is 0 Å². The molecular weight excluding hydrogens is 601 g/mol. The third kappa shape index (κ3) is 4.69. The summed E-state index contributed by atoms with van der Waals surface area (Å²) >= 11 is 0. The van der Waals surface area contributed by atoms with E-state index in [-0.39, 0.29) is 0 Å². The van der Waals surface area contributed by atoms with E-state index in [1.807, 2.05) is 0 Å². The van der Waals surface area contributed by atoms with Gasteiger partial charge in [0.1, 0.15) is 0 Å². The van der Waals surface area contributed by atoms with Crippen LogP contribution in [0.1, 0.15) is 42.5 Å². The Bertz CT molecular complexity index is 4640. The van der Waals surface area contributed by atoms with Crippen LogP contribution in [0, 0.1) is 0 Å². The molecule has 10 aromatic rings. The fraction of sp³-hybridized carbons (Fsp3) is 0. The van der Waals surface area contributed by atoms with Crippen LogP contribution < -0.4 is 0 Å². The van der Waals surface area contributed by atoms with Crippen LogP contribution in [0.15, 0.2) is 193 Å². The Balaban J connectivity index is 1.38. The van der Waals surface area contributed by atoms with Crippen molar-refractivity contribution in [2.75, 3.05) is 0 Å². The lowest BCUT2D eigenvalue weighted by molar-refractivity contribution is 1.63. The number of hydrogen-bond donors (Lipinski definition) is 0. The van der Waals surface area contributed by atoms with Crippen molar-refractivity contribution in [2.24, 2.45) is 0 Å². The first kappa shape index (κ1) is 11.3. The molecule has 0 bridgehead atoms. The number of fused-ring (bicyclic) bond motifs is 6. The molecular formula is C50H32. The minimum Gasteiger partial charge on any atom is -0.0622 e. The molecule has 0 nitrogen and oxygen atoms in total. The second kappa shape index (κ2) is 11.6. The molecule has 0 aliphatic heterocycles. The zero-order valence-corrected chi connectivity index (χ0v) is 25.1. The third-order valence-corrected chi connectivity index (χ3v) is 8.01. The van der Waals surface area contributed by atoms with Gasteiger partial charge in [0, 0.05) is 0 Å². The standard InChI is InChI=1S/C50H32/c1-2-10-33(11-3-1)39-26-28-43-40(31-39)24-25-41-32-42(27-29-44(41)43)50-47-16-8-6-14-45(47)49(46-15-7-9-17-48(46)50)36-21-18-35(19-22-36)38-23-20-34-12-4-5-13-37(34)30-38/h1-32H/i1D,2D,3D,4D,5D,6D,7D,8D,9D,10D,11D,12D,13D,14D,16D,17D,18D,19D,20D,21D,22D,23D,24D,25D,26D,27D,28D,29D,30D,31D,32D. The Hall–Kier alpha value is -6.50. The minimum atomic E-state index is -1.05. The van der Waals surface area contributed by atoms with E-state index in [4.69, 9.17) is 23.3 Å². The topological polar surface area (TPSA) is 0 Å². The van der Waals surface area contributed by atoms with E-state index < -0.39 is 286 Å². The highest BCUT2D eigenvalue weighted by atomic mass is 14.2. The summed E-state index contributed by atoms with van der Waals surface area (Å²) in [5.41, 5.74) is -5.91. The molecule has 0 N–H and O–H groups in total. The summed E-state index contributed by atoms with van der Waals surface area (Å²) in [6, 6.07) is -27.7. The van der Waals surface area contributed by atoms with E-state index in [0.29, 0.717) is 0 Å². The molecule has 0 fully saturated rings. The van der Waals surface area contributed by atoms with Gasteiger partial charge in [0.05, 0.1) is 42.5 Å². The van der Waals surface area contributed by atoms with Gasteiger partial charge in [0.2, 0.25) is 0 Å². The average molecular weight is 664 g/mol. The molecule has 10 rings (SSSR count). The Morgan fingerprint density at radius 2 is 0.680 bits per heavy atom. The summed E-state index contributed by atoms with van der Waals surface area (Å²) in [5.74, 6) is 0. The highest BCUT2D eigenvalue weighted by Gasteiger charge is 2.17. The molecule has 0 unspecified atom stereocenters. The van der Waals surface area contributed by atoms with E-state index in [1.54, 1.807) is 0 Å². The maximum atomic E-state index is 9.83. The molecule has 10 aromatic carbocycles. The van der Waals surface area contributed by atoms with Crippen molar-refractivity contribution in [3.8, 4) is 44.5 Å². The molecule has 0 spiro atoms. The highest BCUT2D eigenvalue weighted by molar-refractivity contribution is 6.22. The SMILES string of the molecule is [2H]c1cc2c(-c3c([2H])c([2H])c(-c4c([2H])c([2H])c5c([2H])c([2H])c([2H])c([2H])c5c4[2H])c([2H])c3[2H])c3c([2H])c([2H])c([2H])c([2H])c3c(-c3c([2H])c([2H])c4c(c3[2H])c([2H])c([2H])c3c([2H])c(-c5c([2H])c([2H])c([2H])c([2H])c5[2H])c([2H])c([2H])c34)c2c([2H])c1[2H]. The van der Waals surface area contributed by atoms with Gasteiger partial charge in [0.25, 0.3) is 0 Å². The van der Waals surface area contributed by atoms with Crippen molar-refractivity contribution in [1.29, 1.82) is 0 Å². The van der Waals surface area contributed by atoms with Crippen LogP contribution in [0.25, 0.3) is 98.4 Å². The predicted octanol–water partition coefficient (Wildman–Crippen LogP) is 14.1. The molecule has 0 radical (unpaired) electrons. The maximum Gasteiger partial charge on any atom is 0.0636 e. The lowest BCUT2D eigenvalue weighted by Crippen LogP contribution is -1.91. The lowest BCUT2D eigenvalue weighted by Gasteiger charge is -2.18. The van der Waals surface area contributed by atoms with Gasteiger partial charge in [-0.2, -0.15) is 0 Å². The van der Waals surface area contributed by atoms with Gasteiger partial charge in [-0.25, -0.2) is 0 Å². The monoisotopic (exact) mass is 663 g/mol. The first-order valence-electron chi connectivity index (χ1n) is 30.3. The van der Waals surface area contributed by atoms with E-state index in [2.05, 4.69) is 0 Å². The Morgan fingerprint density at radius 1 is 0.240 bits per heavy atom. The van der Waals surface area contributed by atoms with Crippen LogP contribution in [0.3, 0.4) is 0 Å². The molecule has 0 aromatic heterocycles. The van der Waals surface area contributed by atoms with Crippen LogP contribution in [0.4, 0.5) is 0 Å². The molecule has 232 valence electrons. The van der Waals surface area contributed by atoms with Crippen molar-refractivity contribution in [2.45, 2.75) is 0 Å². The largest absolute Gasteiger partial charge is 0.0636 e. The van der Waals surface area contributed by atoms with Gasteiger partial charge in [-0.05, 0) is 116 Å². The van der Waals surface area contributed by atoms with Crippen molar-refractivity contribution in [3.05, 3.63) is 193 Å². The Morgan fingerprint density at radius 3 is 1.40 bits per heavy atom. The predicted molar refractivity (Wildman–Crippen MR) is 216 cm³/mol. The van der Waals surface area contributed by atoms with Crippen LogP contribution in [0.5, 0.6) is 0 Å². The zero-order valence-electron chi connectivity index (χ0n) is 56.1. The molecule has 0 aliphatic rings. The van der Waals surface area contributed by atoms with E-state index in [0.717, 1.165) is 6.07 Å². The van der Waals surface area contributed by atoms with Gasteiger partial charge in [0.15, 0.2) is 0 Å². The fourth-order valence-corrected chi connectivity index (χ4v) is 5.79. The first-order valence-corrected chi connectivity index (χ1v) is 14.8. The second-order valence-corrected chi connectivity index (χ2v) is 10.8. The smallest absolute Gasteiger partial charge is 0.0622 e. The number of benzene rings is 10. The van der Waals surface area contributed by atoms with Crippen LogP contribution in [-0.4, -0.2) is 0 Å². The zero-order chi connectivity index (χ0) is 60.0. The molecule has 0 atom stereocenters. The first-order chi connectivity index (χ1) is 37.7. The fourth-order valence-electron chi connectivity index (χ4n) is 5.79. The second-order valence-electron chi connectivity index (χ2n) is 10.8. The van der Waals surface area contributed by atoms with Gasteiger partial charge >= 0.3 is 0 Å². The van der Waals surface area contributed by atoms with Crippen LogP contribution >= 0.6 is 0 Å². The maximum absolute atomic E-state index is 9.83. The molecule has 0 saturated carbocycles. The summed E-state index contributed by atoms with van der Waals surface area (Å²) in [5, 5.41) is -6.36. The molecule has 0 heteroatoms. The van der Waals surface area contributed by atoms with Gasteiger partial charge in [-0.1, -0.05) is 175 Å². The minimum absolute atomic E-state index is 0.526. The van der Waals surface area contributed by atoms with Crippen molar-refractivity contribution in [3.63, 3.8) is 0 Å². The van der Waals surface area contributed by atoms with E-state index in [9.17, 15) is 19.2 Å². The summed E-state index contributed by atoms with van der Waals surface area (Å²) in [7, 11) is 0. The summed E-state index contributed by atoms with van der Waals surface area (Å²) in [6.45, 7) is 0. The number of rotatable bonds is 4. The van der Waals surface area contributed by atoms with E-state index in [1.165, 1.54) is 0 Å². The molecule has 0 heterocycles. The summed E-state index contributed by atoms with van der Waals surface area (Å²) in [6.07, 6.45) is 0. The highest BCUT2D eigenvalue weighted by Crippen LogP contribution is 2.45. The van der Waals surface area contributed by atoms with Crippen molar-refractivity contribution < 1.29 is 42.5 Å². The van der Waals surface area contributed by atoms with Crippen LogP contribution in [0.2, 0.25) is 0 Å². The molecule has 50 heavy (non-hydrogen) atoms. The lowest BCUT2D eigenvalue weighted by atomic mass is 9.85. The number of hydrogen-bond acceptors (Lipinski definition) is 0. The van der Waals surface area contributed by atoms with Crippen molar-refractivity contribution >= 4 is 53.9 Å². The van der Waals surface area contributed by atoms with Gasteiger partial charge < -0.3 is 0 Å². The quantitative estimate of drug-likeness (QED) is 0.130. The molecule has 0 aliphatic carbocycles. The third-order valence-electron chi connectivity index (χ3n) is 8.01. The summed E-state index contributed by atoms with van der Waals surface area (Å²) in [4.78, 5) is 0. The Labute approximate surface area is 335 Å². The average Bonchev–Trinajstić information content (AvgIpc) is 3.44. The molecule has 0 saturated heterocycles.